The fourth-order valence-electron chi connectivity index (χ4n) is 3.12. The van der Waals surface area contributed by atoms with Crippen LogP contribution in [0.25, 0.3) is 0 Å². The average Bonchev–Trinajstić information content (AvgIpc) is 3.06. The highest BCUT2D eigenvalue weighted by Crippen LogP contribution is 2.44. The molecule has 128 valence electrons. The van der Waals surface area contributed by atoms with Crippen molar-refractivity contribution in [1.82, 2.24) is 0 Å². The second-order valence-electron chi connectivity index (χ2n) is 5.52. The molecule has 2 atom stereocenters. The Balaban J connectivity index is 2.26. The number of carbonyl (C=O) groups is 1. The zero-order valence-corrected chi connectivity index (χ0v) is 13.9. The molecule has 1 aliphatic carbocycles. The van der Waals surface area contributed by atoms with E-state index in [2.05, 4.69) is 4.89 Å². The van der Waals surface area contributed by atoms with Crippen LogP contribution in [0.1, 0.15) is 36.3 Å². The summed E-state index contributed by atoms with van der Waals surface area (Å²) < 4.78 is 15.7. The van der Waals surface area contributed by atoms with Gasteiger partial charge in [0.15, 0.2) is 6.79 Å². The van der Waals surface area contributed by atoms with Crippen molar-refractivity contribution < 1.29 is 28.8 Å². The second kappa shape index (κ2) is 8.86. The fourth-order valence-corrected chi connectivity index (χ4v) is 3.12. The van der Waals surface area contributed by atoms with Crippen molar-refractivity contribution in [2.24, 2.45) is 5.92 Å². The number of carbonyl (C=O) groups excluding carboxylic acids is 1. The Morgan fingerprint density at radius 3 is 2.74 bits per heavy atom. The summed E-state index contributed by atoms with van der Waals surface area (Å²) in [6.07, 6.45) is 2.79. The molecule has 6 heteroatoms. The van der Waals surface area contributed by atoms with E-state index in [-0.39, 0.29) is 24.6 Å². The number of hydrogen-bond donors (Lipinski definition) is 0. The van der Waals surface area contributed by atoms with Gasteiger partial charge in [-0.2, -0.15) is 0 Å². The first-order valence-electron chi connectivity index (χ1n) is 7.69. The van der Waals surface area contributed by atoms with Crippen LogP contribution in [0.4, 0.5) is 0 Å². The summed E-state index contributed by atoms with van der Waals surface area (Å²) in [5.74, 6) is 0.541. The molecule has 0 heterocycles. The second-order valence-corrected chi connectivity index (χ2v) is 5.52. The van der Waals surface area contributed by atoms with Crippen LogP contribution in [0.3, 0.4) is 0 Å². The van der Waals surface area contributed by atoms with Crippen LogP contribution in [0.2, 0.25) is 0 Å². The van der Waals surface area contributed by atoms with E-state index in [0.29, 0.717) is 12.4 Å². The lowest BCUT2D eigenvalue weighted by Crippen LogP contribution is -2.19. The predicted molar refractivity (Wildman–Crippen MR) is 82.8 cm³/mol. The van der Waals surface area contributed by atoms with Crippen molar-refractivity contribution in [3.8, 4) is 5.75 Å². The van der Waals surface area contributed by atoms with Crippen LogP contribution in [0.15, 0.2) is 18.2 Å². The molecule has 0 bridgehead atoms. The number of benzene rings is 1. The van der Waals surface area contributed by atoms with Gasteiger partial charge in [0.05, 0.1) is 20.1 Å². The molecule has 0 aromatic heterocycles. The molecule has 6 nitrogen and oxygen atoms in total. The predicted octanol–water partition coefficient (Wildman–Crippen LogP) is 2.80. The maximum absolute atomic E-state index is 12.0. The molecule has 0 radical (unpaired) electrons. The van der Waals surface area contributed by atoms with Crippen molar-refractivity contribution in [1.29, 1.82) is 0 Å². The summed E-state index contributed by atoms with van der Waals surface area (Å²) in [5.41, 5.74) is 1.94. The zero-order valence-electron chi connectivity index (χ0n) is 13.9. The maximum atomic E-state index is 12.0. The lowest BCUT2D eigenvalue weighted by Gasteiger charge is -2.21. The lowest BCUT2D eigenvalue weighted by molar-refractivity contribution is -0.282. The van der Waals surface area contributed by atoms with Gasteiger partial charge in [-0.25, -0.2) is 9.78 Å². The fraction of sp³-hybridized carbons (Fsp3) is 0.588. The van der Waals surface area contributed by atoms with E-state index in [0.717, 1.165) is 30.4 Å². The van der Waals surface area contributed by atoms with Crippen molar-refractivity contribution in [3.05, 3.63) is 29.3 Å². The highest BCUT2D eigenvalue weighted by Gasteiger charge is 2.36. The third kappa shape index (κ3) is 4.43. The van der Waals surface area contributed by atoms with E-state index in [4.69, 9.17) is 19.1 Å². The topological polar surface area (TPSA) is 63.2 Å². The van der Waals surface area contributed by atoms with Crippen LogP contribution in [0, 0.1) is 5.92 Å². The van der Waals surface area contributed by atoms with Gasteiger partial charge >= 0.3 is 5.97 Å². The number of methoxy groups -OCH3 is 2. The van der Waals surface area contributed by atoms with E-state index in [1.54, 1.807) is 7.11 Å². The normalized spacial score (nSPS) is 20.5. The van der Waals surface area contributed by atoms with Crippen LogP contribution in [0.5, 0.6) is 5.75 Å². The Morgan fingerprint density at radius 2 is 2.04 bits per heavy atom. The van der Waals surface area contributed by atoms with Crippen molar-refractivity contribution in [2.45, 2.75) is 31.8 Å². The number of hydrogen-bond acceptors (Lipinski definition) is 6. The molecule has 0 saturated heterocycles. The molecule has 1 aromatic carbocycles. The number of ether oxygens (including phenoxy) is 3. The Labute approximate surface area is 136 Å². The third-order valence-electron chi connectivity index (χ3n) is 4.17. The molecule has 0 unspecified atom stereocenters. The van der Waals surface area contributed by atoms with Gasteiger partial charge < -0.3 is 14.2 Å². The molecule has 0 amide bonds. The SMILES string of the molecule is COCOc1cc(COOC)ccc1[C@@H]1CCC[C@@H]1C(=O)OC. The smallest absolute Gasteiger partial charge is 0.309 e. The van der Waals surface area contributed by atoms with Gasteiger partial charge in [0, 0.05) is 13.0 Å². The van der Waals surface area contributed by atoms with Crippen molar-refractivity contribution in [2.75, 3.05) is 28.1 Å². The van der Waals surface area contributed by atoms with Crippen LogP contribution < -0.4 is 4.74 Å². The van der Waals surface area contributed by atoms with Crippen LogP contribution >= 0.6 is 0 Å². The van der Waals surface area contributed by atoms with Gasteiger partial charge in [-0.15, -0.1) is 0 Å². The van der Waals surface area contributed by atoms with E-state index < -0.39 is 0 Å². The van der Waals surface area contributed by atoms with Gasteiger partial charge in [-0.05, 0) is 30.0 Å². The van der Waals surface area contributed by atoms with E-state index in [1.165, 1.54) is 14.2 Å². The first kappa shape index (κ1) is 17.7. The summed E-state index contributed by atoms with van der Waals surface area (Å²) >= 11 is 0. The quantitative estimate of drug-likeness (QED) is 0.317. The van der Waals surface area contributed by atoms with E-state index >= 15 is 0 Å². The minimum Gasteiger partial charge on any atom is -0.469 e. The van der Waals surface area contributed by atoms with Gasteiger partial charge in [-0.1, -0.05) is 18.6 Å². The molecule has 0 aliphatic heterocycles. The Kier molecular flexibility index (Phi) is 6.83. The number of rotatable bonds is 8. The molecule has 2 rings (SSSR count). The van der Waals surface area contributed by atoms with Gasteiger partial charge in [0.2, 0.25) is 0 Å². The molecule has 23 heavy (non-hydrogen) atoms. The first-order valence-corrected chi connectivity index (χ1v) is 7.69. The third-order valence-corrected chi connectivity index (χ3v) is 4.17. The first-order chi connectivity index (χ1) is 11.2. The molecule has 0 N–H and O–H groups in total. The molecule has 1 aromatic rings. The minimum absolute atomic E-state index is 0.103. The molecular weight excluding hydrogens is 300 g/mol. The summed E-state index contributed by atoms with van der Waals surface area (Å²) in [7, 11) is 4.48. The molecule has 1 saturated carbocycles. The summed E-state index contributed by atoms with van der Waals surface area (Å²) in [4.78, 5) is 21.6. The standard InChI is InChI=1S/C17H24O6/c1-19-11-22-16-9-12(10-23-21-3)7-8-14(16)13-5-4-6-15(13)17(18)20-2/h7-9,13,15H,4-6,10-11H2,1-3H3/t13-,15-/m0/s1. The van der Waals surface area contributed by atoms with Crippen molar-refractivity contribution in [3.63, 3.8) is 0 Å². The van der Waals surface area contributed by atoms with Crippen LogP contribution in [-0.4, -0.2) is 34.1 Å². The largest absolute Gasteiger partial charge is 0.469 e. The highest BCUT2D eigenvalue weighted by molar-refractivity contribution is 5.74. The Bertz CT molecular complexity index is 516. The number of esters is 1. The molecular formula is C17H24O6. The van der Waals surface area contributed by atoms with E-state index in [9.17, 15) is 4.79 Å². The monoisotopic (exact) mass is 324 g/mol. The Morgan fingerprint density at radius 1 is 1.22 bits per heavy atom. The molecule has 1 fully saturated rings. The maximum Gasteiger partial charge on any atom is 0.309 e. The lowest BCUT2D eigenvalue weighted by atomic mass is 9.87. The minimum atomic E-state index is -0.156. The molecule has 0 spiro atoms. The summed E-state index contributed by atoms with van der Waals surface area (Å²) in [5, 5.41) is 0. The Hall–Kier alpha value is -1.63. The highest BCUT2D eigenvalue weighted by atomic mass is 17.2. The van der Waals surface area contributed by atoms with Crippen molar-refractivity contribution >= 4 is 5.97 Å². The average molecular weight is 324 g/mol. The molecule has 1 aliphatic rings. The zero-order chi connectivity index (χ0) is 16.7. The van der Waals surface area contributed by atoms with Gasteiger partial charge in [0.1, 0.15) is 12.4 Å². The van der Waals surface area contributed by atoms with E-state index in [1.807, 2.05) is 18.2 Å². The van der Waals surface area contributed by atoms with Crippen LogP contribution in [-0.2, 0) is 30.7 Å². The summed E-state index contributed by atoms with van der Waals surface area (Å²) in [6.45, 7) is 0.475. The van der Waals surface area contributed by atoms with Gasteiger partial charge in [0.25, 0.3) is 0 Å². The summed E-state index contributed by atoms with van der Waals surface area (Å²) in [6, 6.07) is 5.85. The van der Waals surface area contributed by atoms with Gasteiger partial charge in [-0.3, -0.25) is 4.79 Å².